The molecule has 0 aromatic carbocycles. The molecule has 0 spiro atoms. The monoisotopic (exact) mass is 241 g/mol. The fourth-order valence-electron chi connectivity index (χ4n) is 0.637. The van der Waals surface area contributed by atoms with E-state index in [0.29, 0.717) is 0 Å². The molecule has 13 heavy (non-hydrogen) atoms. The topological polar surface area (TPSA) is 80.4 Å². The second kappa shape index (κ2) is 4.59. The van der Waals surface area contributed by atoms with E-state index < -0.39 is 15.6 Å². The number of hydrogen-bond donors (Lipinski definition) is 4. The molecule has 0 fully saturated rings. The summed E-state index contributed by atoms with van der Waals surface area (Å²) in [4.78, 5) is 21.3. The first kappa shape index (κ1) is 13.2. The lowest BCUT2D eigenvalue weighted by atomic mass is 9.99. The van der Waals surface area contributed by atoms with Gasteiger partial charge < -0.3 is 15.6 Å². The molecular weight excluding hydrogens is 230 g/mol. The number of nitrogens with two attached hydrogens (primary N) is 1. The van der Waals surface area contributed by atoms with Gasteiger partial charge >= 0.3 is 5.97 Å². The van der Waals surface area contributed by atoms with Crippen LogP contribution in [0.2, 0.25) is 0 Å². The van der Waals surface area contributed by atoms with Gasteiger partial charge in [0.15, 0.2) is 11.8 Å². The molecule has 0 radical (unpaired) electrons. The van der Waals surface area contributed by atoms with E-state index in [2.05, 4.69) is 25.3 Å². The Hall–Kier alpha value is 0.150. The van der Waals surface area contributed by atoms with Crippen LogP contribution in [0.3, 0.4) is 0 Å². The van der Waals surface area contributed by atoms with Crippen molar-refractivity contribution >= 4 is 49.3 Å². The highest BCUT2D eigenvalue weighted by atomic mass is 32.2. The minimum absolute atomic E-state index is 0.158. The number of carbonyl (C=O) groups is 2. The Kier molecular flexibility index (Phi) is 4.64. The Morgan fingerprint density at radius 2 is 2.15 bits per heavy atom. The fraction of sp³-hybridized carbons (Fsp3) is 0.667. The third-order valence-corrected chi connectivity index (χ3v) is 3.75. The quantitative estimate of drug-likeness (QED) is 0.234. The van der Waals surface area contributed by atoms with Crippen LogP contribution in [0.25, 0.3) is 0 Å². The highest BCUT2D eigenvalue weighted by Gasteiger charge is 2.50. The molecule has 0 aliphatic heterocycles. The molecule has 1 atom stereocenters. The Labute approximate surface area is 91.5 Å². The van der Waals surface area contributed by atoms with Gasteiger partial charge in [-0.3, -0.25) is 0 Å². The summed E-state index contributed by atoms with van der Waals surface area (Å²) in [6, 6.07) is 0. The number of aliphatic carboxylic acids is 1. The van der Waals surface area contributed by atoms with Crippen LogP contribution in [-0.2, 0) is 9.59 Å². The van der Waals surface area contributed by atoms with E-state index in [4.69, 9.17) is 10.8 Å². The summed E-state index contributed by atoms with van der Waals surface area (Å²) in [5.74, 6) is -1.18. The third kappa shape index (κ3) is 2.55. The van der Waals surface area contributed by atoms with Crippen molar-refractivity contribution in [3.05, 3.63) is 0 Å². The molecular formula is C6H11NO3S3. The van der Waals surface area contributed by atoms with E-state index in [1.54, 1.807) is 6.26 Å². The van der Waals surface area contributed by atoms with E-state index in [1.807, 2.05) is 0 Å². The van der Waals surface area contributed by atoms with Gasteiger partial charge in [0.1, 0.15) is 0 Å². The Balaban J connectivity index is 4.94. The van der Waals surface area contributed by atoms with E-state index >= 15 is 0 Å². The molecule has 3 N–H and O–H groups in total. The first-order valence-electron chi connectivity index (χ1n) is 3.24. The maximum absolute atomic E-state index is 10.7. The number of carbonyl (C=O) groups excluding carboxylic acids is 1. The lowest BCUT2D eigenvalue weighted by Gasteiger charge is -2.33. The normalized spacial score (nSPS) is 16.3. The third-order valence-electron chi connectivity index (χ3n) is 1.55. The second-order valence-corrected chi connectivity index (χ2v) is 5.29. The van der Waals surface area contributed by atoms with Crippen LogP contribution in [0.15, 0.2) is 0 Å². The van der Waals surface area contributed by atoms with Crippen LogP contribution < -0.4 is 5.73 Å². The number of hydrogen-bond acceptors (Lipinski definition) is 6. The number of carboxylic acid groups (broad SMARTS) is 1. The number of aldehydes is 1. The van der Waals surface area contributed by atoms with Crippen LogP contribution in [-0.4, -0.2) is 39.0 Å². The molecule has 0 aliphatic carbocycles. The molecule has 0 bridgehead atoms. The summed E-state index contributed by atoms with van der Waals surface area (Å²) in [6.45, 7) is 0. The Morgan fingerprint density at radius 3 is 2.38 bits per heavy atom. The molecule has 4 nitrogen and oxygen atoms in total. The van der Waals surface area contributed by atoms with E-state index in [9.17, 15) is 9.59 Å². The zero-order chi connectivity index (χ0) is 10.7. The summed E-state index contributed by atoms with van der Waals surface area (Å²) in [7, 11) is 0. The van der Waals surface area contributed by atoms with Gasteiger partial charge in [-0.15, -0.1) is 0 Å². The van der Waals surface area contributed by atoms with Crippen molar-refractivity contribution in [2.45, 2.75) is 9.62 Å². The molecule has 0 heterocycles. The zero-order valence-corrected chi connectivity index (χ0v) is 9.53. The van der Waals surface area contributed by atoms with Crippen molar-refractivity contribution in [1.29, 1.82) is 0 Å². The van der Waals surface area contributed by atoms with Crippen LogP contribution in [0.4, 0.5) is 0 Å². The highest BCUT2D eigenvalue weighted by Crippen LogP contribution is 2.33. The van der Waals surface area contributed by atoms with Gasteiger partial charge in [0.05, 0.1) is 4.08 Å². The predicted molar refractivity (Wildman–Crippen MR) is 59.7 cm³/mol. The van der Waals surface area contributed by atoms with Gasteiger partial charge in [-0.1, -0.05) is 0 Å². The van der Waals surface area contributed by atoms with E-state index in [0.717, 1.165) is 0 Å². The molecule has 76 valence electrons. The Bertz CT molecular complexity index is 221. The molecule has 7 heteroatoms. The van der Waals surface area contributed by atoms with Crippen molar-refractivity contribution in [3.8, 4) is 0 Å². The minimum Gasteiger partial charge on any atom is -0.479 e. The van der Waals surface area contributed by atoms with Crippen molar-refractivity contribution in [2.24, 2.45) is 5.73 Å². The zero-order valence-electron chi connectivity index (χ0n) is 6.93. The summed E-state index contributed by atoms with van der Waals surface area (Å²) < 4.78 is -1.36. The average molecular weight is 241 g/mol. The average Bonchev–Trinajstić information content (AvgIpc) is 2.02. The molecule has 0 aliphatic rings. The van der Waals surface area contributed by atoms with Gasteiger partial charge in [-0.05, 0) is 6.26 Å². The molecule has 0 rings (SSSR count). The Morgan fingerprint density at radius 1 is 1.69 bits per heavy atom. The maximum atomic E-state index is 10.7. The summed E-state index contributed by atoms with van der Waals surface area (Å²) in [5.41, 5.74) is 3.30. The largest absolute Gasteiger partial charge is 0.479 e. The smallest absolute Gasteiger partial charge is 0.333 e. The first-order chi connectivity index (χ1) is 5.81. The maximum Gasteiger partial charge on any atom is 0.333 e. The van der Waals surface area contributed by atoms with E-state index in [1.165, 1.54) is 11.8 Å². The van der Waals surface area contributed by atoms with Gasteiger partial charge in [0.2, 0.25) is 0 Å². The van der Waals surface area contributed by atoms with Crippen LogP contribution in [0.5, 0.6) is 0 Å². The van der Waals surface area contributed by atoms with Crippen LogP contribution in [0, 0.1) is 0 Å². The summed E-state index contributed by atoms with van der Waals surface area (Å²) in [6.07, 6.45) is 1.90. The number of carboxylic acids is 1. The standard InChI is InChI=1S/C6H11NO3S3/c1-13-3-6(11,12)5(7,2-8)4(9)10/h2,11-12H,3,7H2,1H3,(H,9,10)/t5-/m1/s1. The van der Waals surface area contributed by atoms with Crippen molar-refractivity contribution < 1.29 is 14.7 Å². The molecule has 0 saturated carbocycles. The van der Waals surface area contributed by atoms with Crippen molar-refractivity contribution in [3.63, 3.8) is 0 Å². The van der Waals surface area contributed by atoms with Gasteiger partial charge in [0, 0.05) is 5.75 Å². The SMILES string of the molecule is CSCC(S)(S)[C@@](N)(C=O)C(=O)O. The van der Waals surface area contributed by atoms with Gasteiger partial charge in [-0.2, -0.15) is 37.0 Å². The lowest BCUT2D eigenvalue weighted by molar-refractivity contribution is -0.145. The highest BCUT2D eigenvalue weighted by molar-refractivity contribution is 8.05. The first-order valence-corrected chi connectivity index (χ1v) is 5.53. The predicted octanol–water partition coefficient (Wildman–Crippen LogP) is -0.114. The molecule has 0 amide bonds. The van der Waals surface area contributed by atoms with Crippen molar-refractivity contribution in [1.82, 2.24) is 0 Å². The van der Waals surface area contributed by atoms with Crippen molar-refractivity contribution in [2.75, 3.05) is 12.0 Å². The molecule has 0 aromatic heterocycles. The molecule has 0 aromatic rings. The number of thiol groups is 2. The summed E-state index contributed by atoms with van der Waals surface area (Å²) >= 11 is 9.26. The van der Waals surface area contributed by atoms with Gasteiger partial charge in [0.25, 0.3) is 0 Å². The number of thioether (sulfide) groups is 1. The van der Waals surface area contributed by atoms with Crippen LogP contribution >= 0.6 is 37.0 Å². The lowest BCUT2D eigenvalue weighted by Crippen LogP contribution is -2.63. The second-order valence-electron chi connectivity index (χ2n) is 2.54. The van der Waals surface area contributed by atoms with E-state index in [-0.39, 0.29) is 12.0 Å². The fourth-order valence-corrected chi connectivity index (χ4v) is 2.35. The molecule has 0 unspecified atom stereocenters. The minimum atomic E-state index is -2.07. The number of rotatable bonds is 5. The summed E-state index contributed by atoms with van der Waals surface area (Å²) in [5, 5.41) is 8.73. The van der Waals surface area contributed by atoms with Gasteiger partial charge in [-0.25, -0.2) is 4.79 Å². The van der Waals surface area contributed by atoms with Crippen LogP contribution in [0.1, 0.15) is 0 Å². The molecule has 0 saturated heterocycles.